The fourth-order valence-corrected chi connectivity index (χ4v) is 0. The number of hydrogen-bond acceptors (Lipinski definition) is 3. The zero-order valence-electron chi connectivity index (χ0n) is 3.88. The Kier molecular flexibility index (Phi) is 200. The van der Waals surface area contributed by atoms with E-state index in [4.69, 9.17) is 2.04 Å². The molecule has 0 aliphatic carbocycles. The maximum atomic E-state index is 8.38. The van der Waals surface area contributed by atoms with Crippen LogP contribution in [0.5, 0.6) is 0 Å². The molecule has 6 heteroatoms. The molecule has 0 radical (unpaired) electrons. The second-order valence-electron chi connectivity index (χ2n) is 0. The molecule has 0 atom stereocenters. The van der Waals surface area contributed by atoms with Crippen LogP contribution in [0.3, 0.4) is 0 Å². The Labute approximate surface area is 134 Å². The van der Waals surface area contributed by atoms with Gasteiger partial charge in [-0.25, -0.2) is 0 Å². The van der Waals surface area contributed by atoms with Crippen molar-refractivity contribution in [2.45, 2.75) is 0 Å². The zero-order valence-corrected chi connectivity index (χ0v) is 17.9. The Morgan fingerprint density at radius 1 is 1.00 bits per heavy atom. The summed E-state index contributed by atoms with van der Waals surface area (Å²) in [5.74, 6) is 0. The van der Waals surface area contributed by atoms with E-state index in [1.165, 1.54) is 0 Å². The first-order valence-electron chi connectivity index (χ1n) is 0.236. The summed E-state index contributed by atoms with van der Waals surface area (Å²) in [4.78, 5) is 0. The van der Waals surface area contributed by atoms with E-state index in [1.807, 2.05) is 0 Å². The molecule has 0 unspecified atom stereocenters. The van der Waals surface area contributed by atoms with Crippen molar-refractivity contribution in [2.24, 2.45) is 0 Å². The Bertz CT molecular complexity index is 10.8. The molecule has 0 saturated carbocycles. The topological polar surface area (TPSA) is 77.1 Å². The van der Waals surface area contributed by atoms with E-state index in [1.54, 1.807) is 0 Å². The predicted molar refractivity (Wildman–Crippen MR) is 18.9 cm³/mol. The van der Waals surface area contributed by atoms with Crippen LogP contribution in [0.2, 0.25) is 0 Å². The molecule has 0 amide bonds. The third-order valence-electron chi connectivity index (χ3n) is 0. The van der Waals surface area contributed by atoms with Crippen LogP contribution in [-0.2, 0) is 33.1 Å². The van der Waals surface area contributed by atoms with Crippen LogP contribution in [0.1, 0.15) is 0 Å². The fraction of sp³-hybridized carbons (Fsp3) is 0. The summed E-state index contributed by atoms with van der Waals surface area (Å²) in [7, 11) is 0. The molecule has 0 rings (SSSR count). The van der Waals surface area contributed by atoms with E-state index >= 15 is 0 Å². The normalized spacial score (nSPS) is 1.00. The van der Waals surface area contributed by atoms with Gasteiger partial charge in [0, 0.05) is 0 Å². The molecule has 0 aliphatic rings. The van der Waals surface area contributed by atoms with Gasteiger partial charge in [0.2, 0.25) is 0 Å². The Balaban J connectivity index is -0.000000000833. The second-order valence-corrected chi connectivity index (χ2v) is 0. The predicted octanol–water partition coefficient (Wildman–Crippen LogP) is -1.77. The van der Waals surface area contributed by atoms with Gasteiger partial charge in [-0.05, 0) is 0 Å². The van der Waals surface area contributed by atoms with Crippen molar-refractivity contribution in [3.63, 3.8) is 0 Å². The summed E-state index contributed by atoms with van der Waals surface area (Å²) in [6, 6.07) is 0. The van der Waals surface area contributed by atoms with Crippen LogP contribution in [0.25, 0.3) is 0 Å². The van der Waals surface area contributed by atoms with E-state index < -0.39 is 0 Å². The molecule has 0 aliphatic heterocycles. The van der Waals surface area contributed by atoms with Gasteiger partial charge in [0.25, 0.3) is 0 Å². The molecule has 0 fully saturated rings. The van der Waals surface area contributed by atoms with Gasteiger partial charge in [-0.15, -0.1) is 0 Å². The maximum absolute atomic E-state index is 8.38. The molecular formula is H4BaO3SrY. The van der Waals surface area contributed by atoms with Gasteiger partial charge in [0.1, 0.15) is 0 Å². The van der Waals surface area contributed by atoms with Crippen LogP contribution in [0.15, 0.2) is 0 Å². The zero-order chi connectivity index (χ0) is 2.00. The Morgan fingerprint density at radius 3 is 1.00 bits per heavy atom. The van der Waals surface area contributed by atoms with Gasteiger partial charge in [-0.2, -0.15) is 0 Å². The summed E-state index contributed by atoms with van der Waals surface area (Å²) < 4.78 is 8.38. The standard InChI is InChI=1S/Ba.2H2O.O.Sr.Y.2H/h;2*1H2;;;;;/q+1;;;;+1;;;/p-2. The molecule has 2 N–H and O–H groups in total. The molecule has 3 nitrogen and oxygen atoms in total. The van der Waals surface area contributed by atoms with E-state index in [2.05, 4.69) is 0 Å². The van der Waals surface area contributed by atoms with Crippen molar-refractivity contribution in [1.29, 1.82) is 0 Å². The molecule has 0 saturated heterocycles. The van der Waals surface area contributed by atoms with Gasteiger partial charge in [0.05, 0.1) is 0 Å². The number of hydrogen-bond donors (Lipinski definition) is 0. The molecule has 0 spiro atoms. The van der Waals surface area contributed by atoms with Crippen LogP contribution >= 0.6 is 0 Å². The summed E-state index contributed by atoms with van der Waals surface area (Å²) in [5.41, 5.74) is 0. The molecular weight excluding hydrogens is 362 g/mol. The van der Waals surface area contributed by atoms with E-state index in [0.717, 1.165) is 0 Å². The molecule has 6 heavy (non-hydrogen) atoms. The van der Waals surface area contributed by atoms with Crippen molar-refractivity contribution >= 4 is 94.4 Å². The number of rotatable bonds is 0. The van der Waals surface area contributed by atoms with Crippen molar-refractivity contribution in [2.75, 3.05) is 0 Å². The molecule has 0 aromatic heterocycles. The minimum atomic E-state index is 0. The van der Waals surface area contributed by atoms with Gasteiger partial charge < -0.3 is 11.0 Å². The van der Waals surface area contributed by atoms with Crippen molar-refractivity contribution in [1.82, 2.24) is 0 Å². The third-order valence-corrected chi connectivity index (χ3v) is 0. The van der Waals surface area contributed by atoms with Gasteiger partial charge in [-0.3, -0.25) is 0 Å². The average Bonchev–Trinajstić information content (AvgIpc) is 1.00. The molecule has 0 bridgehead atoms. The van der Waals surface area contributed by atoms with Gasteiger partial charge in [0.15, 0.2) is 0 Å². The SMILES string of the molecule is [BaH+].[OH-].[OH-].[O]=[Y].[SrH+]. The molecule has 29 valence electrons. The molecule has 0 aromatic carbocycles. The Morgan fingerprint density at radius 2 is 1.00 bits per heavy atom. The minimum absolute atomic E-state index is 0. The van der Waals surface area contributed by atoms with E-state index in [9.17, 15) is 0 Å². The van der Waals surface area contributed by atoms with E-state index in [-0.39, 0.29) is 136 Å². The van der Waals surface area contributed by atoms with Gasteiger partial charge >= 0.3 is 127 Å². The van der Waals surface area contributed by atoms with Crippen molar-refractivity contribution in [3.05, 3.63) is 0 Å². The van der Waals surface area contributed by atoms with Crippen molar-refractivity contribution in [3.8, 4) is 0 Å². The van der Waals surface area contributed by atoms with Crippen LogP contribution in [0.4, 0.5) is 0 Å². The van der Waals surface area contributed by atoms with E-state index in [0.29, 0.717) is 0 Å². The van der Waals surface area contributed by atoms with Crippen LogP contribution < -0.4 is 0 Å². The van der Waals surface area contributed by atoms with Crippen molar-refractivity contribution < 1.29 is 44.0 Å². The fourth-order valence-electron chi connectivity index (χ4n) is 0. The summed E-state index contributed by atoms with van der Waals surface area (Å²) in [6.45, 7) is 0. The second kappa shape index (κ2) is 36.6. The average molecular weight is 366 g/mol. The van der Waals surface area contributed by atoms with Crippen LogP contribution in [-0.4, -0.2) is 105 Å². The third kappa shape index (κ3) is 24.8. The summed E-state index contributed by atoms with van der Waals surface area (Å²) >= 11 is 0.100. The summed E-state index contributed by atoms with van der Waals surface area (Å²) in [6.07, 6.45) is 0. The molecule has 0 heterocycles. The molecule has 0 aromatic rings. The Hall–Kier alpha value is 3.88. The summed E-state index contributed by atoms with van der Waals surface area (Å²) in [5, 5.41) is 0. The first-order chi connectivity index (χ1) is 1.00. The first-order valence-corrected chi connectivity index (χ1v) is 1.39. The van der Waals surface area contributed by atoms with Gasteiger partial charge in [-0.1, -0.05) is 0 Å². The monoisotopic (exact) mass is 367 g/mol. The quantitative estimate of drug-likeness (QED) is 0.477. The first kappa shape index (κ1) is 32.7. The van der Waals surface area contributed by atoms with Crippen LogP contribution in [0, 0.1) is 0 Å².